The third kappa shape index (κ3) is 5.11. The summed E-state index contributed by atoms with van der Waals surface area (Å²) in [6.45, 7) is 7.45. The number of β-amino-alcohol motifs (C(OH)–C–C–N with tert-alkyl or cyclic N) is 1. The average molecular weight is 357 g/mol. The van der Waals surface area contributed by atoms with E-state index in [1.807, 2.05) is 13.8 Å². The molecule has 0 aromatic heterocycles. The minimum atomic E-state index is -0.840. The quantitative estimate of drug-likeness (QED) is 0.266. The zero-order valence-electron chi connectivity index (χ0n) is 15.1. The number of carbonyl (C=O) groups is 2. The topological polar surface area (TPSA) is 131 Å². The largest absolute Gasteiger partial charge is 0.480 e. The molecule has 2 aliphatic heterocycles. The fraction of sp³-hybridized carbons (Fsp3) is 0.875. The number of hydrogen-bond acceptors (Lipinski definition) is 7. The molecule has 6 N–H and O–H groups in total. The van der Waals surface area contributed by atoms with Gasteiger partial charge in [0.05, 0.1) is 6.10 Å². The third-order valence-corrected chi connectivity index (χ3v) is 5.30. The minimum absolute atomic E-state index is 0.0900. The van der Waals surface area contributed by atoms with Gasteiger partial charge in [-0.3, -0.25) is 20.3 Å². The van der Waals surface area contributed by atoms with Crippen LogP contribution in [0.25, 0.3) is 0 Å². The Hall–Kier alpha value is -1.26. The number of nitrogens with two attached hydrogens (primary N) is 1. The molecule has 9 nitrogen and oxygen atoms in total. The molecule has 2 aliphatic rings. The van der Waals surface area contributed by atoms with Crippen LogP contribution in [0.2, 0.25) is 0 Å². The number of hydrazine groups is 1. The second-order valence-corrected chi connectivity index (χ2v) is 7.71. The first-order valence-corrected chi connectivity index (χ1v) is 8.86. The first-order chi connectivity index (χ1) is 11.7. The van der Waals surface area contributed by atoms with E-state index in [0.717, 1.165) is 6.54 Å². The van der Waals surface area contributed by atoms with Crippen molar-refractivity contribution in [1.82, 2.24) is 20.5 Å². The Morgan fingerprint density at radius 2 is 2.08 bits per heavy atom. The molecule has 2 saturated heterocycles. The fourth-order valence-electron chi connectivity index (χ4n) is 3.53. The first kappa shape index (κ1) is 20.1. The second-order valence-electron chi connectivity index (χ2n) is 7.71. The molecular weight excluding hydrogens is 326 g/mol. The number of piperazine rings is 1. The number of amides is 1. The van der Waals surface area contributed by atoms with Gasteiger partial charge in [0, 0.05) is 32.7 Å². The Labute approximate surface area is 148 Å². The molecule has 0 aromatic rings. The summed E-state index contributed by atoms with van der Waals surface area (Å²) in [5, 5.41) is 21.8. The highest BCUT2D eigenvalue weighted by molar-refractivity contribution is 5.83. The summed E-state index contributed by atoms with van der Waals surface area (Å²) in [6.07, 6.45) is 0.844. The van der Waals surface area contributed by atoms with Gasteiger partial charge in [-0.2, -0.15) is 0 Å². The molecule has 2 fully saturated rings. The number of rotatable bonds is 7. The van der Waals surface area contributed by atoms with Crippen molar-refractivity contribution in [3.8, 4) is 0 Å². The number of carbonyl (C=O) groups excluding carboxylic acids is 1. The maximum absolute atomic E-state index is 12.7. The first-order valence-electron chi connectivity index (χ1n) is 8.86. The van der Waals surface area contributed by atoms with Gasteiger partial charge in [0.1, 0.15) is 12.1 Å². The second kappa shape index (κ2) is 8.41. The van der Waals surface area contributed by atoms with Gasteiger partial charge in [-0.25, -0.2) is 5.43 Å². The lowest BCUT2D eigenvalue weighted by Gasteiger charge is -2.38. The number of aliphatic carboxylic acids is 1. The SMILES string of the molecule is CC(C)(CCN1CCNC(C(=O)O)C1)C(NN)C(=O)N1CCC(O)C1. The van der Waals surface area contributed by atoms with E-state index in [2.05, 4.69) is 15.6 Å². The molecule has 0 bridgehead atoms. The van der Waals surface area contributed by atoms with Crippen LogP contribution in [0.15, 0.2) is 0 Å². The van der Waals surface area contributed by atoms with Crippen molar-refractivity contribution in [3.05, 3.63) is 0 Å². The van der Waals surface area contributed by atoms with Gasteiger partial charge in [0.25, 0.3) is 0 Å². The van der Waals surface area contributed by atoms with E-state index in [9.17, 15) is 14.7 Å². The zero-order chi connectivity index (χ0) is 18.6. The van der Waals surface area contributed by atoms with Crippen molar-refractivity contribution < 1.29 is 19.8 Å². The highest BCUT2D eigenvalue weighted by Crippen LogP contribution is 2.28. The number of carboxylic acid groups (broad SMARTS) is 1. The van der Waals surface area contributed by atoms with E-state index in [4.69, 9.17) is 10.9 Å². The van der Waals surface area contributed by atoms with Gasteiger partial charge >= 0.3 is 5.97 Å². The van der Waals surface area contributed by atoms with E-state index in [1.54, 1.807) is 4.90 Å². The Morgan fingerprint density at radius 1 is 1.36 bits per heavy atom. The molecule has 9 heteroatoms. The van der Waals surface area contributed by atoms with Crippen molar-refractivity contribution in [2.24, 2.45) is 11.3 Å². The standard InChI is InChI=1S/C16H31N5O4/c1-16(2,4-7-20-8-5-18-12(10-20)15(24)25)13(19-17)14(23)21-6-3-11(22)9-21/h11-13,18-19,22H,3-10,17H2,1-2H3,(H,24,25). The van der Waals surface area contributed by atoms with Crippen LogP contribution in [0.1, 0.15) is 26.7 Å². The van der Waals surface area contributed by atoms with Crippen molar-refractivity contribution in [2.75, 3.05) is 39.3 Å². The molecule has 0 spiro atoms. The summed E-state index contributed by atoms with van der Waals surface area (Å²) in [7, 11) is 0. The van der Waals surface area contributed by atoms with E-state index in [0.29, 0.717) is 45.6 Å². The molecule has 2 heterocycles. The Morgan fingerprint density at radius 3 is 2.64 bits per heavy atom. The lowest BCUT2D eigenvalue weighted by molar-refractivity contribution is -0.140. The summed E-state index contributed by atoms with van der Waals surface area (Å²) in [6, 6.07) is -1.09. The summed E-state index contributed by atoms with van der Waals surface area (Å²) in [5.74, 6) is 4.74. The van der Waals surface area contributed by atoms with Crippen molar-refractivity contribution in [2.45, 2.75) is 44.9 Å². The predicted octanol–water partition coefficient (Wildman–Crippen LogP) is -1.81. The Balaban J connectivity index is 1.91. The van der Waals surface area contributed by atoms with Gasteiger partial charge in [0.2, 0.25) is 5.91 Å². The van der Waals surface area contributed by atoms with Crippen LogP contribution in [0, 0.1) is 5.41 Å². The van der Waals surface area contributed by atoms with Gasteiger partial charge in [-0.1, -0.05) is 13.8 Å². The summed E-state index contributed by atoms with van der Waals surface area (Å²) in [4.78, 5) is 27.6. The van der Waals surface area contributed by atoms with Crippen LogP contribution in [0.3, 0.4) is 0 Å². The van der Waals surface area contributed by atoms with Crippen LogP contribution in [0.5, 0.6) is 0 Å². The Bertz CT molecular complexity index is 487. The molecule has 3 unspecified atom stereocenters. The molecule has 1 amide bonds. The van der Waals surface area contributed by atoms with Crippen LogP contribution in [0.4, 0.5) is 0 Å². The average Bonchev–Trinajstić information content (AvgIpc) is 3.00. The van der Waals surface area contributed by atoms with E-state index in [-0.39, 0.29) is 5.91 Å². The summed E-state index contributed by atoms with van der Waals surface area (Å²) < 4.78 is 0. The van der Waals surface area contributed by atoms with Crippen molar-refractivity contribution in [3.63, 3.8) is 0 Å². The van der Waals surface area contributed by atoms with Crippen LogP contribution in [-0.4, -0.2) is 89.3 Å². The van der Waals surface area contributed by atoms with Crippen LogP contribution >= 0.6 is 0 Å². The minimum Gasteiger partial charge on any atom is -0.480 e. The maximum atomic E-state index is 12.7. The van der Waals surface area contributed by atoms with Gasteiger partial charge < -0.3 is 20.4 Å². The highest BCUT2D eigenvalue weighted by atomic mass is 16.4. The molecular formula is C16H31N5O4. The Kier molecular flexibility index (Phi) is 6.75. The van der Waals surface area contributed by atoms with Gasteiger partial charge in [-0.15, -0.1) is 0 Å². The van der Waals surface area contributed by atoms with E-state index < -0.39 is 29.6 Å². The molecule has 2 rings (SSSR count). The molecule has 25 heavy (non-hydrogen) atoms. The summed E-state index contributed by atoms with van der Waals surface area (Å²) in [5.41, 5.74) is 2.25. The smallest absolute Gasteiger partial charge is 0.322 e. The number of nitrogens with zero attached hydrogens (tertiary/aromatic N) is 2. The molecule has 0 saturated carbocycles. The number of hydrogen-bond donors (Lipinski definition) is 5. The monoisotopic (exact) mass is 357 g/mol. The number of aliphatic hydroxyl groups is 1. The highest BCUT2D eigenvalue weighted by Gasteiger charge is 2.39. The zero-order valence-corrected chi connectivity index (χ0v) is 15.1. The number of carboxylic acids is 1. The third-order valence-electron chi connectivity index (χ3n) is 5.30. The van der Waals surface area contributed by atoms with E-state index in [1.165, 1.54) is 0 Å². The maximum Gasteiger partial charge on any atom is 0.322 e. The van der Waals surface area contributed by atoms with E-state index >= 15 is 0 Å². The number of likely N-dealkylation sites (tertiary alicyclic amines) is 1. The van der Waals surface area contributed by atoms with Gasteiger partial charge in [-0.05, 0) is 24.8 Å². The predicted molar refractivity (Wildman–Crippen MR) is 92.6 cm³/mol. The molecule has 144 valence electrons. The molecule has 0 aromatic carbocycles. The number of aliphatic hydroxyl groups excluding tert-OH is 1. The fourth-order valence-corrected chi connectivity index (χ4v) is 3.53. The molecule has 0 aliphatic carbocycles. The normalized spacial score (nSPS) is 26.6. The number of nitrogens with one attached hydrogen (secondary N) is 2. The molecule has 3 atom stereocenters. The molecule has 0 radical (unpaired) electrons. The van der Waals surface area contributed by atoms with Crippen molar-refractivity contribution >= 4 is 11.9 Å². The lowest BCUT2D eigenvalue weighted by atomic mass is 9.80. The van der Waals surface area contributed by atoms with Crippen molar-refractivity contribution in [1.29, 1.82) is 0 Å². The van der Waals surface area contributed by atoms with Gasteiger partial charge in [0.15, 0.2) is 0 Å². The lowest BCUT2D eigenvalue weighted by Crippen LogP contribution is -2.57. The van der Waals surface area contributed by atoms with Crippen LogP contribution < -0.4 is 16.6 Å². The van der Waals surface area contributed by atoms with Crippen LogP contribution in [-0.2, 0) is 9.59 Å². The summed E-state index contributed by atoms with van der Waals surface area (Å²) >= 11 is 0.